The molecule has 0 atom stereocenters. The molecule has 0 unspecified atom stereocenters. The van der Waals surface area contributed by atoms with E-state index >= 15 is 0 Å². The van der Waals surface area contributed by atoms with E-state index in [4.69, 9.17) is 0 Å². The Hall–Kier alpha value is -1.84. The summed E-state index contributed by atoms with van der Waals surface area (Å²) in [5, 5.41) is 3.76. The zero-order valence-corrected chi connectivity index (χ0v) is 9.03. The molecular formula is C11H13N3O. The van der Waals surface area contributed by atoms with Crippen LogP contribution in [0.4, 0.5) is 5.82 Å². The molecule has 15 heavy (non-hydrogen) atoms. The fourth-order valence-corrected chi connectivity index (χ4v) is 1.62. The molecule has 1 N–H and O–H groups in total. The van der Waals surface area contributed by atoms with E-state index in [-0.39, 0.29) is 5.91 Å². The number of anilines is 1. The Morgan fingerprint density at radius 1 is 1.47 bits per heavy atom. The number of rotatable bonds is 1. The Bertz CT molecular complexity index is 528. The molecule has 0 spiro atoms. The zero-order chi connectivity index (χ0) is 11.0. The quantitative estimate of drug-likeness (QED) is 0.768. The molecule has 0 saturated heterocycles. The van der Waals surface area contributed by atoms with Crippen molar-refractivity contribution in [1.82, 2.24) is 9.55 Å². The van der Waals surface area contributed by atoms with Crippen LogP contribution in [0.5, 0.6) is 0 Å². The minimum absolute atomic E-state index is 0.104. The summed E-state index contributed by atoms with van der Waals surface area (Å²) in [6.45, 7) is 3.51. The van der Waals surface area contributed by atoms with Gasteiger partial charge in [0.25, 0.3) is 0 Å². The predicted octanol–water partition coefficient (Wildman–Crippen LogP) is 1.84. The lowest BCUT2D eigenvalue weighted by molar-refractivity contribution is -0.114. The maximum Gasteiger partial charge on any atom is 0.222 e. The van der Waals surface area contributed by atoms with Crippen molar-refractivity contribution in [3.05, 3.63) is 24.0 Å². The van der Waals surface area contributed by atoms with Crippen molar-refractivity contribution < 1.29 is 4.79 Å². The Labute approximate surface area is 87.9 Å². The topological polar surface area (TPSA) is 46.9 Å². The van der Waals surface area contributed by atoms with Crippen molar-refractivity contribution >= 4 is 22.6 Å². The second kappa shape index (κ2) is 3.38. The molecule has 0 saturated carbocycles. The lowest BCUT2D eigenvalue weighted by Gasteiger charge is -2.02. The van der Waals surface area contributed by atoms with E-state index in [1.54, 1.807) is 6.20 Å². The summed E-state index contributed by atoms with van der Waals surface area (Å²) in [5.74, 6) is 0.490. The first-order valence-corrected chi connectivity index (χ1v) is 4.77. The van der Waals surface area contributed by atoms with Crippen molar-refractivity contribution in [3.8, 4) is 0 Å². The Morgan fingerprint density at radius 3 is 2.87 bits per heavy atom. The molecule has 0 bridgehead atoms. The van der Waals surface area contributed by atoms with Crippen LogP contribution in [0.2, 0.25) is 0 Å². The van der Waals surface area contributed by atoms with Crippen molar-refractivity contribution in [2.24, 2.45) is 7.05 Å². The van der Waals surface area contributed by atoms with Gasteiger partial charge in [0, 0.05) is 37.3 Å². The number of carbonyl (C=O) groups is 1. The summed E-state index contributed by atoms with van der Waals surface area (Å²) in [7, 11) is 2.00. The Balaban J connectivity index is 2.54. The monoisotopic (exact) mass is 203 g/mol. The zero-order valence-electron chi connectivity index (χ0n) is 9.03. The number of hydrogen-bond acceptors (Lipinski definition) is 2. The minimum atomic E-state index is -0.104. The largest absolute Gasteiger partial charge is 0.348 e. The number of carbonyl (C=O) groups excluding carboxylic acids is 1. The van der Waals surface area contributed by atoms with Crippen molar-refractivity contribution in [3.63, 3.8) is 0 Å². The third-order valence-electron chi connectivity index (χ3n) is 2.47. The molecule has 4 nitrogen and oxygen atoms in total. The summed E-state index contributed by atoms with van der Waals surface area (Å²) in [6, 6.07) is 3.95. The molecule has 0 fully saturated rings. The summed E-state index contributed by atoms with van der Waals surface area (Å²) >= 11 is 0. The molecule has 1 amide bonds. The van der Waals surface area contributed by atoms with Gasteiger partial charge in [0.15, 0.2) is 0 Å². The first-order valence-electron chi connectivity index (χ1n) is 4.77. The van der Waals surface area contributed by atoms with E-state index in [0.29, 0.717) is 5.82 Å². The van der Waals surface area contributed by atoms with Gasteiger partial charge in [-0.05, 0) is 13.0 Å². The highest BCUT2D eigenvalue weighted by Gasteiger charge is 2.04. The molecule has 2 heterocycles. The molecule has 0 aliphatic rings. The lowest BCUT2D eigenvalue weighted by atomic mass is 10.3. The van der Waals surface area contributed by atoms with Gasteiger partial charge in [0.05, 0.1) is 5.52 Å². The first kappa shape index (κ1) is 9.71. The molecule has 0 aliphatic heterocycles. The maximum atomic E-state index is 10.9. The van der Waals surface area contributed by atoms with Gasteiger partial charge in [-0.15, -0.1) is 0 Å². The van der Waals surface area contributed by atoms with Gasteiger partial charge in [-0.25, -0.2) is 4.98 Å². The van der Waals surface area contributed by atoms with Gasteiger partial charge in [-0.1, -0.05) is 0 Å². The van der Waals surface area contributed by atoms with E-state index < -0.39 is 0 Å². The molecule has 0 radical (unpaired) electrons. The highest BCUT2D eigenvalue weighted by Crippen LogP contribution is 2.19. The van der Waals surface area contributed by atoms with Crippen LogP contribution in [-0.2, 0) is 11.8 Å². The molecule has 2 aromatic heterocycles. The van der Waals surface area contributed by atoms with Gasteiger partial charge in [-0.2, -0.15) is 0 Å². The van der Waals surface area contributed by atoms with E-state index in [1.807, 2.05) is 20.0 Å². The number of amides is 1. The lowest BCUT2D eigenvalue weighted by Crippen LogP contribution is -2.07. The van der Waals surface area contributed by atoms with Gasteiger partial charge < -0.3 is 9.88 Å². The number of nitrogens with zero attached hydrogens (tertiary/aromatic N) is 2. The smallest absolute Gasteiger partial charge is 0.222 e. The standard InChI is InChI=1S/C11H13N3O/c1-7-4-9-6-12-11(13-8(2)15)5-10(9)14(7)3/h4-6H,1-3H3,(H,12,13,15). The van der Waals surface area contributed by atoms with Gasteiger partial charge >= 0.3 is 0 Å². The summed E-state index contributed by atoms with van der Waals surface area (Å²) in [6.07, 6.45) is 1.77. The normalized spacial score (nSPS) is 10.6. The van der Waals surface area contributed by atoms with Crippen LogP contribution in [0.3, 0.4) is 0 Å². The van der Waals surface area contributed by atoms with Gasteiger partial charge in [0.2, 0.25) is 5.91 Å². The van der Waals surface area contributed by atoms with E-state index in [0.717, 1.165) is 10.9 Å². The van der Waals surface area contributed by atoms with Crippen molar-refractivity contribution in [1.29, 1.82) is 0 Å². The third-order valence-corrected chi connectivity index (χ3v) is 2.47. The second-order valence-corrected chi connectivity index (χ2v) is 3.65. The van der Waals surface area contributed by atoms with Crippen LogP contribution in [0.15, 0.2) is 18.3 Å². The number of nitrogens with one attached hydrogen (secondary N) is 1. The summed E-state index contributed by atoms with van der Waals surface area (Å²) < 4.78 is 2.07. The van der Waals surface area contributed by atoms with E-state index in [9.17, 15) is 4.79 Å². The van der Waals surface area contributed by atoms with Crippen LogP contribution in [0.1, 0.15) is 12.6 Å². The Kier molecular flexibility index (Phi) is 2.19. The Morgan fingerprint density at radius 2 is 2.20 bits per heavy atom. The third kappa shape index (κ3) is 1.70. The van der Waals surface area contributed by atoms with Gasteiger partial charge in [0.1, 0.15) is 5.82 Å². The number of aryl methyl sites for hydroxylation is 2. The highest BCUT2D eigenvalue weighted by molar-refractivity contribution is 5.90. The molecule has 2 rings (SSSR count). The number of fused-ring (bicyclic) bond motifs is 1. The predicted molar refractivity (Wildman–Crippen MR) is 59.8 cm³/mol. The molecule has 78 valence electrons. The number of hydrogen-bond donors (Lipinski definition) is 1. The average molecular weight is 203 g/mol. The molecule has 2 aromatic rings. The minimum Gasteiger partial charge on any atom is -0.348 e. The fourth-order valence-electron chi connectivity index (χ4n) is 1.62. The van der Waals surface area contributed by atoms with Crippen LogP contribution in [0.25, 0.3) is 10.9 Å². The van der Waals surface area contributed by atoms with E-state index in [2.05, 4.69) is 20.9 Å². The molecule has 0 aliphatic carbocycles. The van der Waals surface area contributed by atoms with Crippen molar-refractivity contribution in [2.45, 2.75) is 13.8 Å². The van der Waals surface area contributed by atoms with Crippen LogP contribution >= 0.6 is 0 Å². The van der Waals surface area contributed by atoms with Crippen LogP contribution in [-0.4, -0.2) is 15.5 Å². The van der Waals surface area contributed by atoms with Crippen LogP contribution < -0.4 is 5.32 Å². The van der Waals surface area contributed by atoms with Crippen molar-refractivity contribution in [2.75, 3.05) is 5.32 Å². The average Bonchev–Trinajstić information content (AvgIpc) is 2.43. The summed E-state index contributed by atoms with van der Waals surface area (Å²) in [5.41, 5.74) is 2.25. The fraction of sp³-hybridized carbons (Fsp3) is 0.273. The van der Waals surface area contributed by atoms with Gasteiger partial charge in [-0.3, -0.25) is 4.79 Å². The number of aromatic nitrogens is 2. The molecular weight excluding hydrogens is 190 g/mol. The SMILES string of the molecule is CC(=O)Nc1cc2c(cn1)cc(C)n2C. The highest BCUT2D eigenvalue weighted by atomic mass is 16.1. The second-order valence-electron chi connectivity index (χ2n) is 3.65. The first-order chi connectivity index (χ1) is 7.08. The van der Waals surface area contributed by atoms with Crippen LogP contribution in [0, 0.1) is 6.92 Å². The van der Waals surface area contributed by atoms with E-state index in [1.165, 1.54) is 12.6 Å². The molecule has 4 heteroatoms. The summed E-state index contributed by atoms with van der Waals surface area (Å²) in [4.78, 5) is 15.0. The maximum absolute atomic E-state index is 10.9. The molecule has 0 aromatic carbocycles. The number of pyridine rings is 1.